The lowest BCUT2D eigenvalue weighted by Crippen LogP contribution is -2.31. The fourth-order valence-electron chi connectivity index (χ4n) is 4.87. The van der Waals surface area contributed by atoms with Crippen molar-refractivity contribution in [2.45, 2.75) is 31.3 Å². The molecule has 6 nitrogen and oxygen atoms in total. The van der Waals surface area contributed by atoms with Crippen LogP contribution in [0.5, 0.6) is 0 Å². The largest absolute Gasteiger partial charge is 0.352 e. The predicted molar refractivity (Wildman–Crippen MR) is 145 cm³/mol. The van der Waals surface area contributed by atoms with Crippen molar-refractivity contribution in [1.82, 2.24) is 19.7 Å². The van der Waals surface area contributed by atoms with E-state index >= 15 is 0 Å². The number of hydrogen-bond donors (Lipinski definition) is 3. The van der Waals surface area contributed by atoms with Crippen molar-refractivity contribution in [2.24, 2.45) is 0 Å². The van der Waals surface area contributed by atoms with Gasteiger partial charge in [0.1, 0.15) is 0 Å². The molecular formula is C29H26ClN5O. The zero-order valence-corrected chi connectivity index (χ0v) is 20.6. The van der Waals surface area contributed by atoms with E-state index in [1.165, 1.54) is 11.1 Å². The van der Waals surface area contributed by atoms with Gasteiger partial charge in [0.25, 0.3) is 0 Å². The number of H-pyrrole nitrogens is 1. The van der Waals surface area contributed by atoms with Crippen LogP contribution in [-0.2, 0) is 5.54 Å². The van der Waals surface area contributed by atoms with E-state index in [4.69, 9.17) is 11.6 Å². The molecule has 2 aromatic carbocycles. The van der Waals surface area contributed by atoms with Crippen molar-refractivity contribution in [1.29, 1.82) is 0 Å². The number of nitrogens with zero attached hydrogens (tertiary/aromatic N) is 2. The molecule has 36 heavy (non-hydrogen) atoms. The lowest BCUT2D eigenvalue weighted by atomic mass is 10.0. The van der Waals surface area contributed by atoms with E-state index in [9.17, 15) is 4.79 Å². The summed E-state index contributed by atoms with van der Waals surface area (Å²) in [6.07, 6.45) is 7.59. The fourth-order valence-corrected chi connectivity index (χ4v) is 5.00. The van der Waals surface area contributed by atoms with Crippen LogP contribution in [-0.4, -0.2) is 14.4 Å². The summed E-state index contributed by atoms with van der Waals surface area (Å²) in [6.45, 7) is 2.21. The minimum absolute atomic E-state index is 0.0403. The van der Waals surface area contributed by atoms with Crippen molar-refractivity contribution >= 4 is 28.6 Å². The van der Waals surface area contributed by atoms with Gasteiger partial charge in [-0.15, -0.1) is 0 Å². The second-order valence-corrected chi connectivity index (χ2v) is 9.83. The van der Waals surface area contributed by atoms with Crippen molar-refractivity contribution < 1.29 is 0 Å². The van der Waals surface area contributed by atoms with Crippen LogP contribution in [0.15, 0.2) is 96.2 Å². The van der Waals surface area contributed by atoms with Gasteiger partial charge in [0.2, 0.25) is 5.56 Å². The van der Waals surface area contributed by atoms with Gasteiger partial charge in [0, 0.05) is 52.5 Å². The van der Waals surface area contributed by atoms with E-state index in [1.54, 1.807) is 18.5 Å². The maximum absolute atomic E-state index is 11.8. The first-order valence-corrected chi connectivity index (χ1v) is 12.4. The highest BCUT2D eigenvalue weighted by molar-refractivity contribution is 6.30. The Morgan fingerprint density at radius 2 is 1.81 bits per heavy atom. The molecule has 1 aliphatic carbocycles. The minimum Gasteiger partial charge on any atom is -0.352 e. The van der Waals surface area contributed by atoms with Gasteiger partial charge in [-0.25, -0.2) is 4.98 Å². The third kappa shape index (κ3) is 4.30. The van der Waals surface area contributed by atoms with Crippen LogP contribution >= 0.6 is 11.6 Å². The quantitative estimate of drug-likeness (QED) is 0.243. The second-order valence-electron chi connectivity index (χ2n) is 9.40. The summed E-state index contributed by atoms with van der Waals surface area (Å²) in [7, 11) is 0. The van der Waals surface area contributed by atoms with E-state index in [-0.39, 0.29) is 17.1 Å². The maximum atomic E-state index is 11.8. The number of aromatic nitrogens is 3. The smallest absolute Gasteiger partial charge is 0.248 e. The monoisotopic (exact) mass is 495 g/mol. The topological polar surface area (TPSA) is 74.2 Å². The molecule has 7 heteroatoms. The number of imidazole rings is 1. The summed E-state index contributed by atoms with van der Waals surface area (Å²) in [5.74, 6) is 0. The number of benzene rings is 2. The average Bonchev–Trinajstić information content (AvgIpc) is 3.49. The normalized spacial score (nSPS) is 15.1. The Hall–Kier alpha value is -3.87. The molecule has 5 aromatic rings. The molecule has 1 aliphatic rings. The van der Waals surface area contributed by atoms with Gasteiger partial charge >= 0.3 is 0 Å². The highest BCUT2D eigenvalue weighted by atomic mass is 35.5. The Morgan fingerprint density at radius 1 is 1.03 bits per heavy atom. The van der Waals surface area contributed by atoms with Crippen LogP contribution < -0.4 is 16.2 Å². The van der Waals surface area contributed by atoms with Crippen LogP contribution in [0.25, 0.3) is 16.9 Å². The van der Waals surface area contributed by atoms with Crippen molar-refractivity contribution in [2.75, 3.05) is 5.32 Å². The Morgan fingerprint density at radius 3 is 2.53 bits per heavy atom. The lowest BCUT2D eigenvalue weighted by Gasteiger charge is -2.24. The van der Waals surface area contributed by atoms with Gasteiger partial charge in [0.05, 0.1) is 11.4 Å². The molecule has 0 saturated heterocycles. The van der Waals surface area contributed by atoms with Gasteiger partial charge in [0.15, 0.2) is 5.65 Å². The Kier molecular flexibility index (Phi) is 5.63. The first-order chi connectivity index (χ1) is 17.5. The molecule has 0 aliphatic heterocycles. The van der Waals surface area contributed by atoms with Gasteiger partial charge in [-0.2, -0.15) is 0 Å². The number of pyridine rings is 2. The molecule has 0 bridgehead atoms. The van der Waals surface area contributed by atoms with Crippen LogP contribution in [0.2, 0.25) is 5.02 Å². The highest BCUT2D eigenvalue weighted by Crippen LogP contribution is 2.47. The number of nitrogens with one attached hydrogen (secondary N) is 3. The molecular weight excluding hydrogens is 470 g/mol. The van der Waals surface area contributed by atoms with Crippen LogP contribution in [0.3, 0.4) is 0 Å². The van der Waals surface area contributed by atoms with Gasteiger partial charge in [-0.05, 0) is 73.4 Å². The molecule has 0 amide bonds. The SMILES string of the molecule is CC(NC1(c2ccc(Cl)cc2)CC1)c1ccc(Nc2ccc(-c3cc[nH]c(=O)c3)n3ccnc23)cc1. The van der Waals surface area contributed by atoms with E-state index in [1.807, 2.05) is 40.9 Å². The molecule has 3 aromatic heterocycles. The average molecular weight is 496 g/mol. The molecule has 1 fully saturated rings. The molecule has 180 valence electrons. The second kappa shape index (κ2) is 8.97. The molecule has 0 radical (unpaired) electrons. The Bertz CT molecular complexity index is 1580. The van der Waals surface area contributed by atoms with E-state index < -0.39 is 0 Å². The minimum atomic E-state index is -0.132. The first kappa shape index (κ1) is 22.6. The van der Waals surface area contributed by atoms with E-state index in [2.05, 4.69) is 63.9 Å². The summed E-state index contributed by atoms with van der Waals surface area (Å²) in [5.41, 5.74) is 6.86. The van der Waals surface area contributed by atoms with Crippen molar-refractivity contribution in [3.8, 4) is 11.3 Å². The number of hydrogen-bond acceptors (Lipinski definition) is 4. The highest BCUT2D eigenvalue weighted by Gasteiger charge is 2.44. The zero-order chi connectivity index (χ0) is 24.7. The van der Waals surface area contributed by atoms with Gasteiger partial charge in [-0.1, -0.05) is 35.9 Å². The molecule has 3 N–H and O–H groups in total. The molecule has 6 rings (SSSR count). The summed E-state index contributed by atoms with van der Waals surface area (Å²) in [4.78, 5) is 19.0. The van der Waals surface area contributed by atoms with Crippen LogP contribution in [0.1, 0.15) is 36.9 Å². The number of aromatic amines is 1. The van der Waals surface area contributed by atoms with Gasteiger partial charge < -0.3 is 15.6 Å². The van der Waals surface area contributed by atoms with Gasteiger partial charge in [-0.3, -0.25) is 9.20 Å². The summed E-state index contributed by atoms with van der Waals surface area (Å²) in [6, 6.07) is 24.4. The summed E-state index contributed by atoms with van der Waals surface area (Å²) in [5, 5.41) is 8.10. The molecule has 1 atom stereocenters. The molecule has 1 unspecified atom stereocenters. The Labute approximate surface area is 214 Å². The van der Waals surface area contributed by atoms with E-state index in [0.29, 0.717) is 0 Å². The predicted octanol–water partition coefficient (Wildman–Crippen LogP) is 6.43. The fraction of sp³-hybridized carbons (Fsp3) is 0.172. The molecule has 3 heterocycles. The number of fused-ring (bicyclic) bond motifs is 1. The third-order valence-electron chi connectivity index (χ3n) is 6.95. The molecule has 0 spiro atoms. The lowest BCUT2D eigenvalue weighted by molar-refractivity contribution is 0.451. The Balaban J connectivity index is 1.20. The van der Waals surface area contributed by atoms with Crippen molar-refractivity contribution in [3.63, 3.8) is 0 Å². The molecule has 1 saturated carbocycles. The van der Waals surface area contributed by atoms with Crippen LogP contribution in [0.4, 0.5) is 11.4 Å². The summed E-state index contributed by atoms with van der Waals surface area (Å²) < 4.78 is 1.99. The van der Waals surface area contributed by atoms with E-state index in [0.717, 1.165) is 46.1 Å². The van der Waals surface area contributed by atoms with Crippen LogP contribution in [0, 0.1) is 0 Å². The van der Waals surface area contributed by atoms with Crippen molar-refractivity contribution in [3.05, 3.63) is 118 Å². The number of halogens is 1. The summed E-state index contributed by atoms with van der Waals surface area (Å²) >= 11 is 6.08. The third-order valence-corrected chi connectivity index (χ3v) is 7.20. The first-order valence-electron chi connectivity index (χ1n) is 12.1. The standard InChI is InChI=1S/C29H26ClN5O/c1-19(34-29(13-14-29)22-4-6-23(30)7-5-22)20-2-8-24(9-3-20)33-25-10-11-26(35-17-16-32-28(25)35)21-12-15-31-27(36)18-21/h2-12,15-19,33-34H,13-14H2,1H3,(H,31,36). The number of rotatable bonds is 7. The number of anilines is 2. The maximum Gasteiger partial charge on any atom is 0.248 e. The zero-order valence-electron chi connectivity index (χ0n) is 19.8.